The number of fused-ring (bicyclic) bond motifs is 1. The van der Waals surface area contributed by atoms with Crippen molar-refractivity contribution < 1.29 is 22.8 Å². The van der Waals surface area contributed by atoms with Crippen molar-refractivity contribution in [1.82, 2.24) is 25.6 Å². The van der Waals surface area contributed by atoms with E-state index < -0.39 is 23.8 Å². The van der Waals surface area contributed by atoms with Crippen molar-refractivity contribution >= 4 is 40.0 Å². The number of rotatable bonds is 8. The number of carbonyl (C=O) groups excluding carboxylic acids is 2. The monoisotopic (exact) mass is 596 g/mol. The Morgan fingerprint density at radius 3 is 2.40 bits per heavy atom. The first kappa shape index (κ1) is 29.2. The van der Waals surface area contributed by atoms with Gasteiger partial charge in [0.1, 0.15) is 17.4 Å². The van der Waals surface area contributed by atoms with Gasteiger partial charge < -0.3 is 16.0 Å². The molecule has 5 rings (SSSR count). The number of aromatic nitrogens is 3. The molecule has 1 saturated carbocycles. The third kappa shape index (κ3) is 7.33. The lowest BCUT2D eigenvalue weighted by Crippen LogP contribution is -2.51. The Bertz CT molecular complexity index is 1550. The molecule has 218 valence electrons. The summed E-state index contributed by atoms with van der Waals surface area (Å²) in [5.74, 6) is -0.827. The molecule has 3 N–H and O–H groups in total. The molecule has 0 bridgehead atoms. The minimum absolute atomic E-state index is 0.105. The highest BCUT2D eigenvalue weighted by molar-refractivity contribution is 6.31. The molecule has 1 aliphatic rings. The minimum Gasteiger partial charge on any atom is -0.382 e. The summed E-state index contributed by atoms with van der Waals surface area (Å²) in [4.78, 5) is 37.8. The van der Waals surface area contributed by atoms with Crippen LogP contribution in [0.25, 0.3) is 10.9 Å². The van der Waals surface area contributed by atoms with Gasteiger partial charge in [-0.25, -0.2) is 9.97 Å². The van der Waals surface area contributed by atoms with Gasteiger partial charge in [0, 0.05) is 47.0 Å². The van der Waals surface area contributed by atoms with Gasteiger partial charge in [-0.3, -0.25) is 14.6 Å². The first-order chi connectivity index (χ1) is 20.2. The largest absolute Gasteiger partial charge is 0.433 e. The number of benzene rings is 2. The van der Waals surface area contributed by atoms with E-state index in [1.807, 2.05) is 30.3 Å². The molecule has 0 unspecified atom stereocenters. The number of alkyl halides is 3. The van der Waals surface area contributed by atoms with Crippen molar-refractivity contribution in [3.05, 3.63) is 95.2 Å². The second-order valence-electron chi connectivity index (χ2n) is 10.2. The maximum absolute atomic E-state index is 13.5. The van der Waals surface area contributed by atoms with Crippen LogP contribution in [-0.2, 0) is 17.4 Å². The van der Waals surface area contributed by atoms with E-state index in [2.05, 4.69) is 30.9 Å². The van der Waals surface area contributed by atoms with Crippen molar-refractivity contribution in [3.8, 4) is 0 Å². The van der Waals surface area contributed by atoms with Crippen LogP contribution in [0.2, 0.25) is 5.02 Å². The average molecular weight is 597 g/mol. The molecule has 1 aliphatic carbocycles. The highest BCUT2D eigenvalue weighted by Gasteiger charge is 2.34. The maximum Gasteiger partial charge on any atom is 0.433 e. The summed E-state index contributed by atoms with van der Waals surface area (Å²) in [5, 5.41) is 9.99. The Morgan fingerprint density at radius 1 is 0.976 bits per heavy atom. The third-order valence-electron chi connectivity index (χ3n) is 7.19. The van der Waals surface area contributed by atoms with E-state index in [1.54, 1.807) is 6.07 Å². The number of pyridine rings is 1. The van der Waals surface area contributed by atoms with Gasteiger partial charge in [0.25, 0.3) is 5.91 Å². The van der Waals surface area contributed by atoms with Crippen LogP contribution in [0.1, 0.15) is 47.4 Å². The number of hydrogen-bond donors (Lipinski definition) is 3. The SMILES string of the molecule is O=C(N[C@@H](Cc1ccccc1)C(=O)NC1CCC(Nc2cc(C(F)(F)F)nc3ccc(Cl)cc23)CC1)c1cnccn1. The van der Waals surface area contributed by atoms with Gasteiger partial charge in [0.05, 0.1) is 11.7 Å². The summed E-state index contributed by atoms with van der Waals surface area (Å²) >= 11 is 6.12. The van der Waals surface area contributed by atoms with Crippen LogP contribution >= 0.6 is 11.6 Å². The van der Waals surface area contributed by atoms with Crippen LogP contribution in [0.5, 0.6) is 0 Å². The molecule has 0 aliphatic heterocycles. The van der Waals surface area contributed by atoms with Crippen molar-refractivity contribution in [2.24, 2.45) is 0 Å². The van der Waals surface area contributed by atoms with E-state index in [0.717, 1.165) is 11.6 Å². The molecule has 0 saturated heterocycles. The highest BCUT2D eigenvalue weighted by Crippen LogP contribution is 2.35. The second kappa shape index (κ2) is 12.7. The van der Waals surface area contributed by atoms with Crippen molar-refractivity contribution in [2.45, 2.75) is 56.4 Å². The Kier molecular flexibility index (Phi) is 8.86. The summed E-state index contributed by atoms with van der Waals surface area (Å²) in [6, 6.07) is 13.8. The normalized spacial score (nSPS) is 17.8. The second-order valence-corrected chi connectivity index (χ2v) is 10.7. The van der Waals surface area contributed by atoms with Gasteiger partial charge in [0.15, 0.2) is 0 Å². The van der Waals surface area contributed by atoms with Crippen molar-refractivity contribution in [1.29, 1.82) is 0 Å². The molecule has 4 aromatic rings. The number of nitrogens with zero attached hydrogens (tertiary/aromatic N) is 3. The van der Waals surface area contributed by atoms with Gasteiger partial charge in [-0.15, -0.1) is 0 Å². The first-order valence-corrected chi connectivity index (χ1v) is 13.9. The van der Waals surface area contributed by atoms with E-state index in [0.29, 0.717) is 41.8 Å². The van der Waals surface area contributed by atoms with E-state index in [1.165, 1.54) is 30.7 Å². The molecule has 12 heteroatoms. The van der Waals surface area contributed by atoms with Crippen LogP contribution in [0.4, 0.5) is 18.9 Å². The van der Waals surface area contributed by atoms with E-state index in [4.69, 9.17) is 11.6 Å². The lowest BCUT2D eigenvalue weighted by molar-refractivity contribution is -0.140. The predicted octanol–water partition coefficient (Wildman–Crippen LogP) is 5.58. The number of carbonyl (C=O) groups is 2. The fourth-order valence-electron chi connectivity index (χ4n) is 5.07. The van der Waals surface area contributed by atoms with Crippen molar-refractivity contribution in [2.75, 3.05) is 5.32 Å². The molecular formula is C30H28ClF3N6O2. The molecule has 8 nitrogen and oxygen atoms in total. The van der Waals surface area contributed by atoms with Crippen LogP contribution in [0.3, 0.4) is 0 Å². The van der Waals surface area contributed by atoms with Gasteiger partial charge in [-0.05, 0) is 55.5 Å². The van der Waals surface area contributed by atoms with Gasteiger partial charge in [-0.2, -0.15) is 13.2 Å². The number of hydrogen-bond acceptors (Lipinski definition) is 6. The lowest BCUT2D eigenvalue weighted by Gasteiger charge is -2.32. The summed E-state index contributed by atoms with van der Waals surface area (Å²) < 4.78 is 40.5. The third-order valence-corrected chi connectivity index (χ3v) is 7.43. The fraction of sp³-hybridized carbons (Fsp3) is 0.300. The Balaban J connectivity index is 1.24. The fourth-order valence-corrected chi connectivity index (χ4v) is 5.25. The number of nitrogens with one attached hydrogen (secondary N) is 3. The zero-order valence-electron chi connectivity index (χ0n) is 22.4. The first-order valence-electron chi connectivity index (χ1n) is 13.5. The Morgan fingerprint density at radius 2 is 1.71 bits per heavy atom. The van der Waals surface area contributed by atoms with Crippen LogP contribution < -0.4 is 16.0 Å². The van der Waals surface area contributed by atoms with Gasteiger partial charge in [0.2, 0.25) is 5.91 Å². The topological polar surface area (TPSA) is 109 Å². The number of anilines is 1. The molecule has 1 atom stereocenters. The summed E-state index contributed by atoms with van der Waals surface area (Å²) in [6.45, 7) is 0. The molecule has 0 radical (unpaired) electrons. The smallest absolute Gasteiger partial charge is 0.382 e. The summed E-state index contributed by atoms with van der Waals surface area (Å²) in [7, 11) is 0. The molecule has 2 amide bonds. The van der Waals surface area contributed by atoms with Crippen LogP contribution in [-0.4, -0.2) is 44.9 Å². The molecule has 1 fully saturated rings. The summed E-state index contributed by atoms with van der Waals surface area (Å²) in [5.41, 5.74) is 0.526. The lowest BCUT2D eigenvalue weighted by atomic mass is 9.90. The van der Waals surface area contributed by atoms with Crippen LogP contribution in [0.15, 0.2) is 73.2 Å². The molecule has 42 heavy (non-hydrogen) atoms. The molecule has 2 aromatic carbocycles. The number of amides is 2. The Hall–Kier alpha value is -4.25. The molecule has 2 aromatic heterocycles. The van der Waals surface area contributed by atoms with E-state index >= 15 is 0 Å². The standard InChI is InChI=1S/C30H28ClF3N6O2/c31-19-6-11-23-22(15-19)24(16-27(39-23)30(32,33)34)37-20-7-9-21(10-8-20)38-28(41)25(14-18-4-2-1-3-5-18)40-29(42)26-17-35-12-13-36-26/h1-6,11-13,15-17,20-21,25H,7-10,14H2,(H,37,39)(H,38,41)(H,40,42)/t20?,21?,25-/m0/s1. The number of halogens is 4. The average Bonchev–Trinajstić information content (AvgIpc) is 2.98. The van der Waals surface area contributed by atoms with E-state index in [-0.39, 0.29) is 35.6 Å². The summed E-state index contributed by atoms with van der Waals surface area (Å²) in [6.07, 6.45) is 2.33. The van der Waals surface area contributed by atoms with Crippen LogP contribution in [0, 0.1) is 0 Å². The van der Waals surface area contributed by atoms with E-state index in [9.17, 15) is 22.8 Å². The molecular weight excluding hydrogens is 569 g/mol. The van der Waals surface area contributed by atoms with Gasteiger partial charge >= 0.3 is 6.18 Å². The van der Waals surface area contributed by atoms with Crippen molar-refractivity contribution in [3.63, 3.8) is 0 Å². The minimum atomic E-state index is -4.59. The quantitative estimate of drug-likeness (QED) is 0.245. The zero-order chi connectivity index (χ0) is 29.7. The highest BCUT2D eigenvalue weighted by atomic mass is 35.5. The predicted molar refractivity (Wildman–Crippen MR) is 153 cm³/mol. The Labute approximate surface area is 245 Å². The molecule has 2 heterocycles. The molecule has 0 spiro atoms. The maximum atomic E-state index is 13.5. The van der Waals surface area contributed by atoms with Gasteiger partial charge in [-0.1, -0.05) is 41.9 Å². The zero-order valence-corrected chi connectivity index (χ0v) is 23.1.